The first-order chi connectivity index (χ1) is 12.6. The molecule has 2 aromatic rings. The molecule has 0 unspecified atom stereocenters. The van der Waals surface area contributed by atoms with Gasteiger partial charge in [-0.25, -0.2) is 4.79 Å². The van der Waals surface area contributed by atoms with Crippen LogP contribution in [0.15, 0.2) is 54.6 Å². The lowest BCUT2D eigenvalue weighted by Crippen LogP contribution is -2.33. The third kappa shape index (κ3) is 6.12. The number of esters is 1. The zero-order valence-electron chi connectivity index (χ0n) is 14.9. The van der Waals surface area contributed by atoms with Gasteiger partial charge in [0.1, 0.15) is 11.5 Å². The molecule has 0 radical (unpaired) electrons. The molecule has 2 aromatic carbocycles. The van der Waals surface area contributed by atoms with Crippen LogP contribution in [0.3, 0.4) is 0 Å². The first-order valence-corrected chi connectivity index (χ1v) is 8.37. The maximum absolute atomic E-state index is 11.9. The molecule has 0 bridgehead atoms. The van der Waals surface area contributed by atoms with E-state index in [-0.39, 0.29) is 12.5 Å². The summed E-state index contributed by atoms with van der Waals surface area (Å²) in [6.07, 6.45) is -0.171. The average Bonchev–Trinajstić information content (AvgIpc) is 2.67. The van der Waals surface area contributed by atoms with Crippen LogP contribution in [-0.2, 0) is 20.7 Å². The minimum absolute atomic E-state index is 0.340. The number of carbonyl (C=O) groups is 2. The van der Waals surface area contributed by atoms with E-state index in [4.69, 9.17) is 14.2 Å². The standard InChI is InChI=1S/C20H23NO5/c1-15(26-17-9-4-3-5-10-17)20(23)25-14-19(22)21-13-12-16-8-6-7-11-18(16)24-2/h3-11,15H,12-14H2,1-2H3,(H,21,22)/t15-/m1/s1. The van der Waals surface area contributed by atoms with Crippen molar-refractivity contribution in [2.45, 2.75) is 19.4 Å². The maximum Gasteiger partial charge on any atom is 0.347 e. The molecule has 26 heavy (non-hydrogen) atoms. The predicted molar refractivity (Wildman–Crippen MR) is 97.2 cm³/mol. The first kappa shape index (κ1) is 19.3. The van der Waals surface area contributed by atoms with Gasteiger partial charge in [0.25, 0.3) is 5.91 Å². The fourth-order valence-electron chi connectivity index (χ4n) is 2.30. The number of amides is 1. The lowest BCUT2D eigenvalue weighted by molar-refractivity contribution is -0.154. The Bertz CT molecular complexity index is 717. The van der Waals surface area contributed by atoms with E-state index in [1.807, 2.05) is 42.5 Å². The summed E-state index contributed by atoms with van der Waals surface area (Å²) in [5.74, 6) is 0.396. The molecule has 1 atom stereocenters. The smallest absolute Gasteiger partial charge is 0.347 e. The largest absolute Gasteiger partial charge is 0.496 e. The molecule has 0 heterocycles. The van der Waals surface area contributed by atoms with E-state index in [1.54, 1.807) is 26.2 Å². The van der Waals surface area contributed by atoms with Crippen LogP contribution in [0.2, 0.25) is 0 Å². The van der Waals surface area contributed by atoms with Crippen molar-refractivity contribution < 1.29 is 23.8 Å². The van der Waals surface area contributed by atoms with Crippen LogP contribution in [0.4, 0.5) is 0 Å². The van der Waals surface area contributed by atoms with E-state index in [0.717, 1.165) is 11.3 Å². The van der Waals surface area contributed by atoms with Crippen molar-refractivity contribution >= 4 is 11.9 Å². The topological polar surface area (TPSA) is 73.9 Å². The van der Waals surface area contributed by atoms with Crippen molar-refractivity contribution in [3.8, 4) is 11.5 Å². The number of benzene rings is 2. The number of rotatable bonds is 9. The number of carbonyl (C=O) groups excluding carboxylic acids is 2. The molecule has 6 nitrogen and oxygen atoms in total. The summed E-state index contributed by atoms with van der Waals surface area (Å²) in [5, 5.41) is 2.71. The minimum atomic E-state index is -0.793. The first-order valence-electron chi connectivity index (χ1n) is 8.37. The van der Waals surface area contributed by atoms with Crippen molar-refractivity contribution in [2.75, 3.05) is 20.3 Å². The van der Waals surface area contributed by atoms with Crippen molar-refractivity contribution in [2.24, 2.45) is 0 Å². The Labute approximate surface area is 153 Å². The Morgan fingerprint density at radius 2 is 1.73 bits per heavy atom. The molecular weight excluding hydrogens is 334 g/mol. The zero-order valence-corrected chi connectivity index (χ0v) is 14.9. The van der Waals surface area contributed by atoms with E-state index < -0.39 is 12.1 Å². The lowest BCUT2D eigenvalue weighted by Gasteiger charge is -2.14. The van der Waals surface area contributed by atoms with Crippen LogP contribution in [0, 0.1) is 0 Å². The van der Waals surface area contributed by atoms with E-state index in [1.165, 1.54) is 0 Å². The molecule has 0 saturated heterocycles. The molecule has 2 rings (SSSR count). The molecule has 6 heteroatoms. The highest BCUT2D eigenvalue weighted by molar-refractivity contribution is 5.82. The van der Waals surface area contributed by atoms with E-state index in [0.29, 0.717) is 18.7 Å². The highest BCUT2D eigenvalue weighted by Gasteiger charge is 2.17. The van der Waals surface area contributed by atoms with Crippen LogP contribution >= 0.6 is 0 Å². The van der Waals surface area contributed by atoms with Gasteiger partial charge in [-0.15, -0.1) is 0 Å². The molecule has 0 fully saturated rings. The zero-order chi connectivity index (χ0) is 18.8. The quantitative estimate of drug-likeness (QED) is 0.698. The van der Waals surface area contributed by atoms with Crippen molar-refractivity contribution in [3.05, 3.63) is 60.2 Å². The van der Waals surface area contributed by atoms with Crippen LogP contribution in [0.25, 0.3) is 0 Å². The van der Waals surface area contributed by atoms with Gasteiger partial charge < -0.3 is 19.5 Å². The minimum Gasteiger partial charge on any atom is -0.496 e. The molecule has 0 saturated carbocycles. The van der Waals surface area contributed by atoms with Gasteiger partial charge in [-0.1, -0.05) is 36.4 Å². The van der Waals surface area contributed by atoms with Crippen LogP contribution in [0.5, 0.6) is 11.5 Å². The van der Waals surface area contributed by atoms with Crippen molar-refractivity contribution in [3.63, 3.8) is 0 Å². The summed E-state index contributed by atoms with van der Waals surface area (Å²) in [6, 6.07) is 16.6. The average molecular weight is 357 g/mol. The van der Waals surface area contributed by atoms with Gasteiger partial charge in [-0.05, 0) is 37.1 Å². The second kappa shape index (κ2) is 10.1. The summed E-state index contributed by atoms with van der Waals surface area (Å²) in [4.78, 5) is 23.7. The fourth-order valence-corrected chi connectivity index (χ4v) is 2.30. The van der Waals surface area contributed by atoms with E-state index in [2.05, 4.69) is 5.32 Å². The highest BCUT2D eigenvalue weighted by atomic mass is 16.6. The van der Waals surface area contributed by atoms with Gasteiger partial charge in [-0.3, -0.25) is 4.79 Å². The SMILES string of the molecule is COc1ccccc1CCNC(=O)COC(=O)[C@@H](C)Oc1ccccc1. The molecule has 0 aliphatic rings. The van der Waals surface area contributed by atoms with Crippen LogP contribution < -0.4 is 14.8 Å². The third-order valence-electron chi connectivity index (χ3n) is 3.64. The monoisotopic (exact) mass is 357 g/mol. The Morgan fingerprint density at radius 3 is 2.46 bits per heavy atom. The molecular formula is C20H23NO5. The van der Waals surface area contributed by atoms with Crippen molar-refractivity contribution in [1.29, 1.82) is 0 Å². The number of methoxy groups -OCH3 is 1. The summed E-state index contributed by atoms with van der Waals surface area (Å²) in [6.45, 7) is 1.66. The Balaban J connectivity index is 1.68. The summed E-state index contributed by atoms with van der Waals surface area (Å²) in [5.41, 5.74) is 0.997. The highest BCUT2D eigenvalue weighted by Crippen LogP contribution is 2.17. The van der Waals surface area contributed by atoms with Gasteiger partial charge in [0.2, 0.25) is 0 Å². The number of hydrogen-bond acceptors (Lipinski definition) is 5. The van der Waals surface area contributed by atoms with Crippen molar-refractivity contribution in [1.82, 2.24) is 5.32 Å². The Kier molecular flexibility index (Phi) is 7.49. The number of hydrogen-bond donors (Lipinski definition) is 1. The third-order valence-corrected chi connectivity index (χ3v) is 3.64. The normalized spacial score (nSPS) is 11.3. The van der Waals surface area contributed by atoms with Gasteiger partial charge in [0.05, 0.1) is 7.11 Å². The predicted octanol–water partition coefficient (Wildman–Crippen LogP) is 2.36. The molecule has 1 amide bonds. The van der Waals surface area contributed by atoms with Gasteiger partial charge in [0.15, 0.2) is 12.7 Å². The maximum atomic E-state index is 11.9. The lowest BCUT2D eigenvalue weighted by atomic mass is 10.1. The van der Waals surface area contributed by atoms with Gasteiger partial charge >= 0.3 is 5.97 Å². The van der Waals surface area contributed by atoms with Crippen LogP contribution in [0.1, 0.15) is 12.5 Å². The molecule has 1 N–H and O–H groups in total. The molecule has 0 aromatic heterocycles. The van der Waals surface area contributed by atoms with Crippen LogP contribution in [-0.4, -0.2) is 38.2 Å². The summed E-state index contributed by atoms with van der Waals surface area (Å²) >= 11 is 0. The second-order valence-electron chi connectivity index (χ2n) is 5.59. The summed E-state index contributed by atoms with van der Waals surface area (Å²) < 4.78 is 15.7. The molecule has 138 valence electrons. The molecule has 0 aliphatic carbocycles. The van der Waals surface area contributed by atoms with E-state index >= 15 is 0 Å². The van der Waals surface area contributed by atoms with Gasteiger partial charge in [-0.2, -0.15) is 0 Å². The second-order valence-corrected chi connectivity index (χ2v) is 5.59. The fraction of sp³-hybridized carbons (Fsp3) is 0.300. The number of nitrogens with one attached hydrogen (secondary N) is 1. The van der Waals surface area contributed by atoms with Gasteiger partial charge in [0, 0.05) is 6.54 Å². The van der Waals surface area contributed by atoms with E-state index in [9.17, 15) is 9.59 Å². The number of para-hydroxylation sites is 2. The number of ether oxygens (including phenoxy) is 3. The summed E-state index contributed by atoms with van der Waals surface area (Å²) in [7, 11) is 1.61. The Hall–Kier alpha value is -3.02. The molecule has 0 aliphatic heterocycles. The Morgan fingerprint density at radius 1 is 1.04 bits per heavy atom. The molecule has 0 spiro atoms.